The summed E-state index contributed by atoms with van der Waals surface area (Å²) in [5.74, 6) is 0.0722. The van der Waals surface area contributed by atoms with Gasteiger partial charge >= 0.3 is 6.18 Å². The van der Waals surface area contributed by atoms with Gasteiger partial charge in [-0.05, 0) is 31.2 Å². The molecule has 1 unspecified atom stereocenters. The molecule has 120 valence electrons. The van der Waals surface area contributed by atoms with Crippen molar-refractivity contribution in [3.63, 3.8) is 0 Å². The van der Waals surface area contributed by atoms with Crippen molar-refractivity contribution in [2.45, 2.75) is 58.7 Å². The summed E-state index contributed by atoms with van der Waals surface area (Å²) in [6.45, 7) is 4.80. The number of aryl methyl sites for hydroxylation is 2. The van der Waals surface area contributed by atoms with Crippen LogP contribution >= 0.6 is 0 Å². The molecule has 4 nitrogen and oxygen atoms in total. The van der Waals surface area contributed by atoms with Crippen molar-refractivity contribution in [3.05, 3.63) is 11.6 Å². The van der Waals surface area contributed by atoms with Crippen LogP contribution < -0.4 is 5.73 Å². The van der Waals surface area contributed by atoms with Crippen molar-refractivity contribution < 1.29 is 13.2 Å². The van der Waals surface area contributed by atoms with E-state index in [1.807, 2.05) is 0 Å². The van der Waals surface area contributed by atoms with Crippen LogP contribution in [0.5, 0.6) is 0 Å². The Kier molecular flexibility index (Phi) is 4.60. The van der Waals surface area contributed by atoms with Crippen molar-refractivity contribution in [3.8, 4) is 0 Å². The van der Waals surface area contributed by atoms with E-state index < -0.39 is 12.1 Å². The van der Waals surface area contributed by atoms with Crippen molar-refractivity contribution >= 4 is 0 Å². The highest BCUT2D eigenvalue weighted by Gasteiger charge is 2.42. The van der Waals surface area contributed by atoms with Gasteiger partial charge in [0.2, 0.25) is 0 Å². The second kappa shape index (κ2) is 5.94. The molecule has 1 atom stereocenters. The zero-order valence-electron chi connectivity index (χ0n) is 12.6. The molecule has 0 amide bonds. The van der Waals surface area contributed by atoms with Gasteiger partial charge in [-0.2, -0.15) is 13.2 Å². The number of rotatable bonds is 5. The first kappa shape index (κ1) is 16.3. The van der Waals surface area contributed by atoms with E-state index in [1.165, 1.54) is 0 Å². The smallest absolute Gasteiger partial charge is 0.330 e. The molecule has 1 aromatic rings. The maximum atomic E-state index is 12.9. The molecule has 1 aromatic heterocycles. The van der Waals surface area contributed by atoms with E-state index >= 15 is 0 Å². The molecular weight excluding hydrogens is 281 g/mol. The molecule has 0 bridgehead atoms. The lowest BCUT2D eigenvalue weighted by Crippen LogP contribution is -2.33. The second-order valence-corrected chi connectivity index (χ2v) is 6.62. The SMILES string of the molecule is CC(C)(CCN)CCc1nnc2n1CC(C(F)(F)F)CC2. The number of fused-ring (bicyclic) bond motifs is 1. The maximum absolute atomic E-state index is 12.9. The first-order valence-corrected chi connectivity index (χ1v) is 7.41. The lowest BCUT2D eigenvalue weighted by atomic mass is 9.84. The van der Waals surface area contributed by atoms with Crippen molar-refractivity contribution in [1.29, 1.82) is 0 Å². The number of hydrogen-bond donors (Lipinski definition) is 1. The predicted molar refractivity (Wildman–Crippen MR) is 73.7 cm³/mol. The fraction of sp³-hybridized carbons (Fsp3) is 0.857. The first-order chi connectivity index (χ1) is 9.73. The van der Waals surface area contributed by atoms with Gasteiger partial charge in [0.1, 0.15) is 11.6 Å². The van der Waals surface area contributed by atoms with Crippen LogP contribution in [0.4, 0.5) is 13.2 Å². The molecule has 0 spiro atoms. The minimum Gasteiger partial charge on any atom is -0.330 e. The Balaban J connectivity index is 2.06. The second-order valence-electron chi connectivity index (χ2n) is 6.62. The van der Waals surface area contributed by atoms with Crippen LogP contribution in [0, 0.1) is 11.3 Å². The van der Waals surface area contributed by atoms with Crippen LogP contribution in [0.15, 0.2) is 0 Å². The molecule has 0 saturated carbocycles. The van der Waals surface area contributed by atoms with Crippen LogP contribution in [-0.2, 0) is 19.4 Å². The Hall–Kier alpha value is -1.11. The van der Waals surface area contributed by atoms with Gasteiger partial charge in [-0.1, -0.05) is 13.8 Å². The minimum atomic E-state index is -4.14. The quantitative estimate of drug-likeness (QED) is 0.910. The van der Waals surface area contributed by atoms with Gasteiger partial charge in [0, 0.05) is 19.4 Å². The average molecular weight is 304 g/mol. The summed E-state index contributed by atoms with van der Waals surface area (Å²) in [4.78, 5) is 0. The third-order valence-electron chi connectivity index (χ3n) is 4.33. The summed E-state index contributed by atoms with van der Waals surface area (Å²) in [5, 5.41) is 8.13. The van der Waals surface area contributed by atoms with E-state index in [4.69, 9.17) is 5.73 Å². The average Bonchev–Trinajstić information content (AvgIpc) is 2.77. The molecule has 0 radical (unpaired) electrons. The normalized spacial score (nSPS) is 19.6. The third-order valence-corrected chi connectivity index (χ3v) is 4.33. The number of alkyl halides is 3. The van der Waals surface area contributed by atoms with E-state index in [0.717, 1.165) is 12.8 Å². The van der Waals surface area contributed by atoms with Crippen LogP contribution in [-0.4, -0.2) is 27.5 Å². The van der Waals surface area contributed by atoms with Crippen LogP contribution in [0.2, 0.25) is 0 Å². The molecule has 0 saturated heterocycles. The van der Waals surface area contributed by atoms with Crippen molar-refractivity contribution in [1.82, 2.24) is 14.8 Å². The molecule has 2 N–H and O–H groups in total. The molecule has 21 heavy (non-hydrogen) atoms. The molecule has 1 aliphatic rings. The van der Waals surface area contributed by atoms with Gasteiger partial charge in [-0.25, -0.2) is 0 Å². The molecule has 0 aromatic carbocycles. The van der Waals surface area contributed by atoms with Gasteiger partial charge in [-0.15, -0.1) is 10.2 Å². The lowest BCUT2D eigenvalue weighted by molar-refractivity contribution is -0.182. The summed E-state index contributed by atoms with van der Waals surface area (Å²) in [6.07, 6.45) is -1.30. The molecule has 0 aliphatic carbocycles. The van der Waals surface area contributed by atoms with Gasteiger partial charge in [0.05, 0.1) is 5.92 Å². The predicted octanol–water partition coefficient (Wildman–Crippen LogP) is 2.71. The molecule has 2 heterocycles. The summed E-state index contributed by atoms with van der Waals surface area (Å²) in [7, 11) is 0. The fourth-order valence-electron chi connectivity index (χ4n) is 2.80. The lowest BCUT2D eigenvalue weighted by Gasteiger charge is -2.27. The number of nitrogens with two attached hydrogens (primary N) is 1. The van der Waals surface area contributed by atoms with Crippen LogP contribution in [0.25, 0.3) is 0 Å². The molecular formula is C14H23F3N4. The standard InChI is InChI=1S/C14H23F3N4/c1-13(2,7-8-18)6-5-12-20-19-11-4-3-10(9-21(11)12)14(15,16)17/h10H,3-9,18H2,1-2H3. The van der Waals surface area contributed by atoms with E-state index in [0.29, 0.717) is 31.0 Å². The van der Waals surface area contributed by atoms with Gasteiger partial charge < -0.3 is 10.3 Å². The molecule has 7 heteroatoms. The summed E-state index contributed by atoms with van der Waals surface area (Å²) in [6, 6.07) is 0. The van der Waals surface area contributed by atoms with Gasteiger partial charge in [0.25, 0.3) is 0 Å². The van der Waals surface area contributed by atoms with Crippen LogP contribution in [0.3, 0.4) is 0 Å². The van der Waals surface area contributed by atoms with Gasteiger partial charge in [-0.3, -0.25) is 0 Å². The highest BCUT2D eigenvalue weighted by Crippen LogP contribution is 2.35. The summed E-state index contributed by atoms with van der Waals surface area (Å²) >= 11 is 0. The van der Waals surface area contributed by atoms with E-state index in [1.54, 1.807) is 4.57 Å². The molecule has 0 fully saturated rings. The maximum Gasteiger partial charge on any atom is 0.393 e. The van der Waals surface area contributed by atoms with Gasteiger partial charge in [0.15, 0.2) is 0 Å². The third kappa shape index (κ3) is 3.96. The van der Waals surface area contributed by atoms with E-state index in [2.05, 4.69) is 24.0 Å². The largest absolute Gasteiger partial charge is 0.393 e. The summed E-state index contributed by atoms with van der Waals surface area (Å²) in [5.41, 5.74) is 5.65. The number of hydrogen-bond acceptors (Lipinski definition) is 3. The molecule has 1 aliphatic heterocycles. The van der Waals surface area contributed by atoms with Crippen molar-refractivity contribution in [2.75, 3.05) is 6.54 Å². The summed E-state index contributed by atoms with van der Waals surface area (Å²) < 4.78 is 40.3. The van der Waals surface area contributed by atoms with Crippen molar-refractivity contribution in [2.24, 2.45) is 17.1 Å². The Labute approximate surface area is 122 Å². The van der Waals surface area contributed by atoms with E-state index in [-0.39, 0.29) is 18.4 Å². The zero-order chi connectivity index (χ0) is 15.7. The number of aromatic nitrogens is 3. The highest BCUT2D eigenvalue weighted by molar-refractivity contribution is 5.01. The Bertz CT molecular complexity index is 479. The number of halogens is 3. The van der Waals surface area contributed by atoms with Crippen LogP contribution in [0.1, 0.15) is 44.8 Å². The zero-order valence-corrected chi connectivity index (χ0v) is 12.6. The topological polar surface area (TPSA) is 56.7 Å². The Morgan fingerprint density at radius 2 is 1.95 bits per heavy atom. The fourth-order valence-corrected chi connectivity index (χ4v) is 2.80. The van der Waals surface area contributed by atoms with E-state index in [9.17, 15) is 13.2 Å². The highest BCUT2D eigenvalue weighted by atomic mass is 19.4. The number of nitrogens with zero attached hydrogens (tertiary/aromatic N) is 3. The monoisotopic (exact) mass is 304 g/mol. The Morgan fingerprint density at radius 3 is 2.57 bits per heavy atom. The Morgan fingerprint density at radius 1 is 1.24 bits per heavy atom. The first-order valence-electron chi connectivity index (χ1n) is 7.41. The molecule has 2 rings (SSSR count). The minimum absolute atomic E-state index is 0.0432.